The van der Waals surface area contributed by atoms with E-state index in [4.69, 9.17) is 0 Å². The molecule has 1 aromatic heterocycles. The molecule has 1 aliphatic rings. The summed E-state index contributed by atoms with van der Waals surface area (Å²) in [6.07, 6.45) is 4.72. The quantitative estimate of drug-likeness (QED) is 0.523. The highest BCUT2D eigenvalue weighted by Gasteiger charge is 2.21. The molecule has 140 valence electrons. The lowest BCUT2D eigenvalue weighted by atomic mass is 10.2. The van der Waals surface area contributed by atoms with E-state index >= 15 is 0 Å². The van der Waals surface area contributed by atoms with E-state index in [9.17, 15) is 4.79 Å². The Hall–Kier alpha value is -1.54. The fraction of sp³-hybridized carbons (Fsp3) is 0.556. The minimum atomic E-state index is 0.0342. The number of carbonyl (C=O) groups excluding carboxylic acids is 1. The van der Waals surface area contributed by atoms with Gasteiger partial charge in [0.05, 0.1) is 11.8 Å². The molecular formula is C18H25N5OS2. The summed E-state index contributed by atoms with van der Waals surface area (Å²) in [5, 5.41) is 15.7. The standard InChI is InChI=1S/C18H25N5OS2/c1-14-6-8-15(9-7-14)12-25-11-10-19-17(24)13-26-18-20-21-22-23(18)16-4-2-3-5-16/h6-9,16H,2-5,10-13H2,1H3,(H,19,24). The minimum absolute atomic E-state index is 0.0342. The lowest BCUT2D eigenvalue weighted by Gasteiger charge is -2.10. The average molecular weight is 392 g/mol. The van der Waals surface area contributed by atoms with Crippen LogP contribution in [-0.2, 0) is 10.5 Å². The predicted octanol–water partition coefficient (Wildman–Crippen LogP) is 3.24. The van der Waals surface area contributed by atoms with Crippen LogP contribution in [-0.4, -0.2) is 44.2 Å². The topological polar surface area (TPSA) is 72.7 Å². The molecule has 26 heavy (non-hydrogen) atoms. The van der Waals surface area contributed by atoms with E-state index in [0.717, 1.165) is 29.5 Å². The van der Waals surface area contributed by atoms with Crippen molar-refractivity contribution in [3.8, 4) is 0 Å². The number of thioether (sulfide) groups is 2. The van der Waals surface area contributed by atoms with Gasteiger partial charge in [0.1, 0.15) is 0 Å². The van der Waals surface area contributed by atoms with Gasteiger partial charge in [0.25, 0.3) is 0 Å². The van der Waals surface area contributed by atoms with Crippen molar-refractivity contribution in [3.05, 3.63) is 35.4 Å². The first kappa shape index (κ1) is 19.2. The molecule has 0 bridgehead atoms. The Morgan fingerprint density at radius 2 is 2.04 bits per heavy atom. The largest absolute Gasteiger partial charge is 0.355 e. The summed E-state index contributed by atoms with van der Waals surface area (Å²) in [7, 11) is 0. The second-order valence-corrected chi connectivity index (χ2v) is 8.57. The number of hydrogen-bond donors (Lipinski definition) is 1. The van der Waals surface area contributed by atoms with Gasteiger partial charge in [0.2, 0.25) is 11.1 Å². The monoisotopic (exact) mass is 391 g/mol. The van der Waals surface area contributed by atoms with Crippen LogP contribution >= 0.6 is 23.5 Å². The maximum Gasteiger partial charge on any atom is 0.230 e. The molecule has 0 saturated heterocycles. The number of tetrazole rings is 1. The molecule has 0 spiro atoms. The molecule has 1 saturated carbocycles. The summed E-state index contributed by atoms with van der Waals surface area (Å²) < 4.78 is 1.89. The SMILES string of the molecule is Cc1ccc(CSCCNC(=O)CSc2nnnn2C2CCCC2)cc1. The van der Waals surface area contributed by atoms with Crippen LogP contribution in [0.3, 0.4) is 0 Å². The number of nitrogens with one attached hydrogen (secondary N) is 1. The normalized spacial score (nSPS) is 14.7. The number of hydrogen-bond acceptors (Lipinski definition) is 6. The van der Waals surface area contributed by atoms with Crippen molar-refractivity contribution < 1.29 is 4.79 Å². The number of amides is 1. The van der Waals surface area contributed by atoms with E-state index in [1.54, 1.807) is 0 Å². The van der Waals surface area contributed by atoms with E-state index in [1.807, 2.05) is 16.4 Å². The van der Waals surface area contributed by atoms with Gasteiger partial charge in [0, 0.05) is 18.1 Å². The maximum absolute atomic E-state index is 12.0. The number of aryl methyl sites for hydroxylation is 1. The maximum atomic E-state index is 12.0. The molecule has 1 amide bonds. The molecule has 1 heterocycles. The first-order chi connectivity index (χ1) is 12.7. The van der Waals surface area contributed by atoms with Gasteiger partial charge in [-0.25, -0.2) is 4.68 Å². The first-order valence-corrected chi connectivity index (χ1v) is 11.2. The van der Waals surface area contributed by atoms with Gasteiger partial charge >= 0.3 is 0 Å². The Labute approximate surface area is 162 Å². The third-order valence-corrected chi connectivity index (χ3v) is 6.39. The highest BCUT2D eigenvalue weighted by molar-refractivity contribution is 7.99. The summed E-state index contributed by atoms with van der Waals surface area (Å²) in [6.45, 7) is 2.78. The highest BCUT2D eigenvalue weighted by Crippen LogP contribution is 2.31. The Balaban J connectivity index is 1.31. The van der Waals surface area contributed by atoms with Crippen molar-refractivity contribution in [2.45, 2.75) is 49.6 Å². The lowest BCUT2D eigenvalue weighted by molar-refractivity contribution is -0.118. The van der Waals surface area contributed by atoms with Crippen molar-refractivity contribution in [1.82, 2.24) is 25.5 Å². The van der Waals surface area contributed by atoms with Crippen molar-refractivity contribution >= 4 is 29.4 Å². The van der Waals surface area contributed by atoms with E-state index in [1.165, 1.54) is 35.7 Å². The lowest BCUT2D eigenvalue weighted by Crippen LogP contribution is -2.27. The molecule has 0 aliphatic heterocycles. The summed E-state index contributed by atoms with van der Waals surface area (Å²) in [5.41, 5.74) is 2.60. The van der Waals surface area contributed by atoms with Crippen LogP contribution in [0.5, 0.6) is 0 Å². The summed E-state index contributed by atoms with van der Waals surface area (Å²) >= 11 is 3.25. The predicted molar refractivity (Wildman–Crippen MR) is 106 cm³/mol. The summed E-state index contributed by atoms with van der Waals surface area (Å²) in [4.78, 5) is 12.0. The Morgan fingerprint density at radius 3 is 2.81 bits per heavy atom. The number of nitrogens with zero attached hydrogens (tertiary/aromatic N) is 4. The van der Waals surface area contributed by atoms with E-state index in [0.29, 0.717) is 18.3 Å². The van der Waals surface area contributed by atoms with Crippen LogP contribution in [0.1, 0.15) is 42.9 Å². The zero-order chi connectivity index (χ0) is 18.2. The van der Waals surface area contributed by atoms with Crippen molar-refractivity contribution in [2.75, 3.05) is 18.1 Å². The van der Waals surface area contributed by atoms with Crippen LogP contribution in [0.15, 0.2) is 29.4 Å². The zero-order valence-electron chi connectivity index (χ0n) is 15.1. The first-order valence-electron chi connectivity index (χ1n) is 9.03. The molecule has 0 radical (unpaired) electrons. The fourth-order valence-electron chi connectivity index (χ4n) is 2.98. The fourth-order valence-corrected chi connectivity index (χ4v) is 4.57. The molecule has 1 aliphatic carbocycles. The highest BCUT2D eigenvalue weighted by atomic mass is 32.2. The van der Waals surface area contributed by atoms with Gasteiger partial charge in [-0.3, -0.25) is 4.79 Å². The minimum Gasteiger partial charge on any atom is -0.355 e. The van der Waals surface area contributed by atoms with Crippen molar-refractivity contribution in [1.29, 1.82) is 0 Å². The van der Waals surface area contributed by atoms with Gasteiger partial charge in [0.15, 0.2) is 0 Å². The van der Waals surface area contributed by atoms with Crippen LogP contribution in [0.4, 0.5) is 0 Å². The number of benzene rings is 1. The van der Waals surface area contributed by atoms with Gasteiger partial charge in [-0.1, -0.05) is 54.4 Å². The number of rotatable bonds is 9. The van der Waals surface area contributed by atoms with Gasteiger partial charge in [-0.05, 0) is 35.8 Å². The van der Waals surface area contributed by atoms with Gasteiger partial charge < -0.3 is 5.32 Å². The number of carbonyl (C=O) groups is 1. The van der Waals surface area contributed by atoms with E-state index in [-0.39, 0.29) is 5.91 Å². The van der Waals surface area contributed by atoms with Crippen LogP contribution in [0, 0.1) is 6.92 Å². The number of aromatic nitrogens is 4. The Morgan fingerprint density at radius 1 is 1.27 bits per heavy atom. The zero-order valence-corrected chi connectivity index (χ0v) is 16.7. The molecular weight excluding hydrogens is 366 g/mol. The van der Waals surface area contributed by atoms with Crippen molar-refractivity contribution in [2.24, 2.45) is 0 Å². The summed E-state index contributed by atoms with van der Waals surface area (Å²) in [6, 6.07) is 8.98. The Bertz CT molecular complexity index is 698. The molecule has 0 unspecified atom stereocenters. The third kappa shape index (κ3) is 5.74. The third-order valence-electron chi connectivity index (χ3n) is 4.42. The molecule has 0 atom stereocenters. The summed E-state index contributed by atoms with van der Waals surface area (Å²) in [5.74, 6) is 2.27. The smallest absolute Gasteiger partial charge is 0.230 e. The van der Waals surface area contributed by atoms with Crippen molar-refractivity contribution in [3.63, 3.8) is 0 Å². The second kappa shape index (κ2) is 9.97. The Kier molecular flexibility index (Phi) is 7.37. The van der Waals surface area contributed by atoms with E-state index in [2.05, 4.69) is 52.0 Å². The van der Waals surface area contributed by atoms with E-state index < -0.39 is 0 Å². The molecule has 8 heteroatoms. The molecule has 6 nitrogen and oxygen atoms in total. The molecule has 1 N–H and O–H groups in total. The second-order valence-electron chi connectivity index (χ2n) is 6.52. The van der Waals surface area contributed by atoms with Crippen LogP contribution < -0.4 is 5.32 Å². The van der Waals surface area contributed by atoms with Crippen LogP contribution in [0.2, 0.25) is 0 Å². The molecule has 1 fully saturated rings. The molecule has 1 aromatic carbocycles. The van der Waals surface area contributed by atoms with Crippen LogP contribution in [0.25, 0.3) is 0 Å². The average Bonchev–Trinajstić information content (AvgIpc) is 3.32. The van der Waals surface area contributed by atoms with Gasteiger partial charge in [-0.2, -0.15) is 11.8 Å². The molecule has 2 aromatic rings. The van der Waals surface area contributed by atoms with Gasteiger partial charge in [-0.15, -0.1) is 5.10 Å². The molecule has 3 rings (SSSR count).